The van der Waals surface area contributed by atoms with Crippen LogP contribution in [0.1, 0.15) is 77.9 Å². The number of fused-ring (bicyclic) bond motifs is 2. The van der Waals surface area contributed by atoms with Crippen LogP contribution < -0.4 is 10.6 Å². The zero-order valence-electron chi connectivity index (χ0n) is 19.5. The molecule has 10 heteroatoms. The molecule has 176 valence electrons. The van der Waals surface area contributed by atoms with Gasteiger partial charge in [0.05, 0.1) is 0 Å². The molecule has 0 aliphatic carbocycles. The van der Waals surface area contributed by atoms with Crippen LogP contribution in [-0.2, 0) is 11.2 Å². The van der Waals surface area contributed by atoms with Crippen LogP contribution in [0.15, 0.2) is 9.52 Å². The van der Waals surface area contributed by atoms with Crippen LogP contribution in [0.3, 0.4) is 0 Å². The van der Waals surface area contributed by atoms with E-state index in [2.05, 4.69) is 25.8 Å². The Hall–Kier alpha value is -1.59. The lowest BCUT2D eigenvalue weighted by atomic mass is 9.98. The molecule has 0 spiro atoms. The average molecular weight is 548 g/mol. The highest BCUT2D eigenvalue weighted by atomic mass is 127. The van der Waals surface area contributed by atoms with Gasteiger partial charge >= 0.3 is 6.09 Å². The quantitative estimate of drug-likeness (QED) is 0.330. The van der Waals surface area contributed by atoms with Gasteiger partial charge in [0.15, 0.2) is 11.8 Å². The number of halogens is 1. The van der Waals surface area contributed by atoms with E-state index in [9.17, 15) is 4.79 Å². The number of ether oxygens (including phenoxy) is 1. The summed E-state index contributed by atoms with van der Waals surface area (Å²) in [7, 11) is 1.77. The van der Waals surface area contributed by atoms with Gasteiger partial charge in [-0.25, -0.2) is 4.79 Å². The minimum Gasteiger partial charge on any atom is -0.444 e. The number of aromatic nitrogens is 2. The maximum Gasteiger partial charge on any atom is 0.410 e. The van der Waals surface area contributed by atoms with Crippen LogP contribution in [0, 0.1) is 0 Å². The first-order chi connectivity index (χ1) is 14.2. The average Bonchev–Trinajstić information content (AvgIpc) is 3.22. The molecule has 2 saturated heterocycles. The first kappa shape index (κ1) is 25.7. The summed E-state index contributed by atoms with van der Waals surface area (Å²) >= 11 is 0. The summed E-state index contributed by atoms with van der Waals surface area (Å²) < 4.78 is 10.9. The minimum atomic E-state index is -0.466. The lowest BCUT2D eigenvalue weighted by Crippen LogP contribution is -2.55. The largest absolute Gasteiger partial charge is 0.444 e. The van der Waals surface area contributed by atoms with Gasteiger partial charge in [-0.15, -0.1) is 24.0 Å². The number of nitrogens with zero attached hydrogens (tertiary/aromatic N) is 4. The predicted molar refractivity (Wildman–Crippen MR) is 130 cm³/mol. The highest BCUT2D eigenvalue weighted by Gasteiger charge is 2.45. The van der Waals surface area contributed by atoms with Gasteiger partial charge in [0.25, 0.3) is 0 Å². The van der Waals surface area contributed by atoms with Crippen molar-refractivity contribution in [3.63, 3.8) is 0 Å². The zero-order valence-corrected chi connectivity index (χ0v) is 21.8. The number of carbonyl (C=O) groups excluding carboxylic acids is 1. The number of amides is 1. The Morgan fingerprint density at radius 2 is 1.94 bits per heavy atom. The number of piperidine rings is 1. The normalized spacial score (nSPS) is 23.5. The van der Waals surface area contributed by atoms with Gasteiger partial charge in [0.2, 0.25) is 5.89 Å². The molecule has 2 unspecified atom stereocenters. The van der Waals surface area contributed by atoms with Crippen LogP contribution in [-0.4, -0.2) is 64.4 Å². The molecule has 2 N–H and O–H groups in total. The molecular formula is C21H37IN6O3. The Bertz CT molecular complexity index is 747. The molecule has 1 aromatic rings. The Labute approximate surface area is 202 Å². The summed E-state index contributed by atoms with van der Waals surface area (Å²) in [4.78, 5) is 23.3. The van der Waals surface area contributed by atoms with Gasteiger partial charge < -0.3 is 24.8 Å². The van der Waals surface area contributed by atoms with Gasteiger partial charge in [-0.1, -0.05) is 19.0 Å². The molecule has 9 nitrogen and oxygen atoms in total. The van der Waals surface area contributed by atoms with Crippen molar-refractivity contribution in [1.29, 1.82) is 0 Å². The topological polar surface area (TPSA) is 105 Å². The predicted octanol–water partition coefficient (Wildman–Crippen LogP) is 3.45. The van der Waals surface area contributed by atoms with E-state index in [1.807, 2.05) is 39.5 Å². The standard InChI is InChI=1S/C21H36N6O3.HI/c1-13(2)18-25-17(30-26-18)9-10-23-19(22-6)24-14-11-15-7-8-16(12-14)27(15)20(28)29-21(3,4)5;/h13-16H,7-12H2,1-6H3,(H2,22,23,24);1H. The Morgan fingerprint density at radius 3 is 2.45 bits per heavy atom. The number of guanidine groups is 1. The number of nitrogens with one attached hydrogen (secondary N) is 2. The van der Waals surface area contributed by atoms with Gasteiger partial charge in [-0.3, -0.25) is 4.99 Å². The van der Waals surface area contributed by atoms with Crippen LogP contribution in [0.25, 0.3) is 0 Å². The van der Waals surface area contributed by atoms with Gasteiger partial charge in [0, 0.05) is 44.1 Å². The summed E-state index contributed by atoms with van der Waals surface area (Å²) in [6.07, 6.45) is 4.32. The second-order valence-electron chi connectivity index (χ2n) is 9.54. The zero-order chi connectivity index (χ0) is 21.9. The monoisotopic (exact) mass is 548 g/mol. The summed E-state index contributed by atoms with van der Waals surface area (Å²) in [5.74, 6) is 2.38. The van der Waals surface area contributed by atoms with E-state index >= 15 is 0 Å². The van der Waals surface area contributed by atoms with Crippen molar-refractivity contribution in [2.45, 2.75) is 96.4 Å². The number of rotatable bonds is 5. The molecule has 0 saturated carbocycles. The van der Waals surface area contributed by atoms with Crippen molar-refractivity contribution in [1.82, 2.24) is 25.7 Å². The van der Waals surface area contributed by atoms with E-state index in [1.165, 1.54) is 0 Å². The second kappa shape index (κ2) is 10.8. The van der Waals surface area contributed by atoms with Crippen LogP contribution in [0.4, 0.5) is 4.79 Å². The number of hydrogen-bond donors (Lipinski definition) is 2. The Balaban J connectivity index is 0.00000341. The van der Waals surface area contributed by atoms with Crippen molar-refractivity contribution < 1.29 is 14.1 Å². The van der Waals surface area contributed by atoms with Crippen LogP contribution in [0.2, 0.25) is 0 Å². The van der Waals surface area contributed by atoms with E-state index < -0.39 is 5.60 Å². The fraction of sp³-hybridized carbons (Fsp3) is 0.810. The lowest BCUT2D eigenvalue weighted by Gasteiger charge is -2.40. The van der Waals surface area contributed by atoms with Crippen molar-refractivity contribution in [3.8, 4) is 0 Å². The number of aliphatic imine (C=N–C) groups is 1. The molecule has 1 aromatic heterocycles. The van der Waals surface area contributed by atoms with E-state index in [0.717, 1.165) is 37.5 Å². The van der Waals surface area contributed by atoms with Crippen molar-refractivity contribution in [3.05, 3.63) is 11.7 Å². The number of hydrogen-bond acceptors (Lipinski definition) is 6. The Morgan fingerprint density at radius 1 is 1.29 bits per heavy atom. The smallest absolute Gasteiger partial charge is 0.410 e. The SMILES string of the molecule is CN=C(NCCc1nc(C(C)C)no1)NC1CC2CCC(C1)N2C(=O)OC(C)(C)C.I. The molecule has 0 aromatic carbocycles. The van der Waals surface area contributed by atoms with E-state index in [1.54, 1.807) is 7.05 Å². The third-order valence-corrected chi connectivity index (χ3v) is 5.53. The summed E-state index contributed by atoms with van der Waals surface area (Å²) in [6, 6.07) is 0.729. The highest BCUT2D eigenvalue weighted by Crippen LogP contribution is 2.36. The van der Waals surface area contributed by atoms with Crippen LogP contribution >= 0.6 is 24.0 Å². The second-order valence-corrected chi connectivity index (χ2v) is 9.54. The number of carbonyl (C=O) groups is 1. The fourth-order valence-electron chi connectivity index (χ4n) is 4.19. The van der Waals surface area contributed by atoms with Crippen molar-refractivity contribution in [2.24, 2.45) is 4.99 Å². The first-order valence-electron chi connectivity index (χ1n) is 11.0. The molecule has 2 aliphatic heterocycles. The third-order valence-electron chi connectivity index (χ3n) is 5.53. The van der Waals surface area contributed by atoms with Crippen molar-refractivity contribution in [2.75, 3.05) is 13.6 Å². The fourth-order valence-corrected chi connectivity index (χ4v) is 4.19. The summed E-state index contributed by atoms with van der Waals surface area (Å²) in [5, 5.41) is 10.8. The molecule has 31 heavy (non-hydrogen) atoms. The molecule has 3 heterocycles. The van der Waals surface area contributed by atoms with Gasteiger partial charge in [0.1, 0.15) is 5.60 Å². The molecule has 2 aliphatic rings. The lowest BCUT2D eigenvalue weighted by molar-refractivity contribution is 0.00545. The van der Waals surface area contributed by atoms with Gasteiger partial charge in [-0.2, -0.15) is 4.98 Å². The third kappa shape index (κ3) is 6.95. The van der Waals surface area contributed by atoms with E-state index in [-0.39, 0.29) is 54.1 Å². The summed E-state index contributed by atoms with van der Waals surface area (Å²) in [6.45, 7) is 10.5. The molecule has 1 amide bonds. The molecule has 2 fully saturated rings. The molecular weight excluding hydrogens is 511 g/mol. The van der Waals surface area contributed by atoms with E-state index in [0.29, 0.717) is 18.9 Å². The molecule has 2 bridgehead atoms. The van der Waals surface area contributed by atoms with E-state index in [4.69, 9.17) is 9.26 Å². The van der Waals surface area contributed by atoms with Crippen molar-refractivity contribution >= 4 is 36.0 Å². The minimum absolute atomic E-state index is 0. The highest BCUT2D eigenvalue weighted by molar-refractivity contribution is 14.0. The molecule has 2 atom stereocenters. The molecule has 0 radical (unpaired) electrons. The summed E-state index contributed by atoms with van der Waals surface area (Å²) in [5.41, 5.74) is -0.466. The Kier molecular flexibility index (Phi) is 8.96. The maximum atomic E-state index is 12.6. The van der Waals surface area contributed by atoms with Crippen LogP contribution in [0.5, 0.6) is 0 Å². The maximum absolute atomic E-state index is 12.6. The molecule has 3 rings (SSSR count). The first-order valence-corrected chi connectivity index (χ1v) is 11.0. The van der Waals surface area contributed by atoms with Gasteiger partial charge in [-0.05, 0) is 46.5 Å².